The number of benzene rings is 1. The number of halogens is 1. The maximum absolute atomic E-state index is 5.80. The van der Waals surface area contributed by atoms with Crippen molar-refractivity contribution in [2.24, 2.45) is 11.7 Å². The van der Waals surface area contributed by atoms with Gasteiger partial charge in [-0.15, -0.1) is 0 Å². The van der Waals surface area contributed by atoms with E-state index < -0.39 is 0 Å². The first kappa shape index (κ1) is 15.3. The lowest BCUT2D eigenvalue weighted by molar-refractivity contribution is 0.278. The van der Waals surface area contributed by atoms with Crippen LogP contribution in [0.25, 0.3) is 0 Å². The quantitative estimate of drug-likeness (QED) is 0.780. The van der Waals surface area contributed by atoms with Gasteiger partial charge < -0.3 is 15.2 Å². The molecule has 102 valence electrons. The van der Waals surface area contributed by atoms with Gasteiger partial charge in [0.15, 0.2) is 11.5 Å². The lowest BCUT2D eigenvalue weighted by atomic mass is 10.1. The summed E-state index contributed by atoms with van der Waals surface area (Å²) < 4.78 is 12.0. The molecule has 0 bridgehead atoms. The van der Waals surface area contributed by atoms with Crippen molar-refractivity contribution in [2.75, 3.05) is 13.7 Å². The van der Waals surface area contributed by atoms with E-state index in [0.717, 1.165) is 28.0 Å². The van der Waals surface area contributed by atoms with E-state index in [1.54, 1.807) is 7.11 Å². The number of hydrogen-bond acceptors (Lipinski definition) is 3. The van der Waals surface area contributed by atoms with Gasteiger partial charge in [-0.3, -0.25) is 0 Å². The van der Waals surface area contributed by atoms with Crippen LogP contribution in [0.3, 0.4) is 0 Å². The number of ether oxygens (including phenoxy) is 2. The largest absolute Gasteiger partial charge is 0.493 e. The van der Waals surface area contributed by atoms with Crippen LogP contribution in [0.15, 0.2) is 16.6 Å². The Morgan fingerprint density at radius 3 is 2.61 bits per heavy atom. The zero-order valence-corrected chi connectivity index (χ0v) is 12.9. The van der Waals surface area contributed by atoms with Crippen molar-refractivity contribution in [2.45, 2.75) is 33.2 Å². The van der Waals surface area contributed by atoms with Gasteiger partial charge in [0.25, 0.3) is 0 Å². The van der Waals surface area contributed by atoms with Crippen molar-refractivity contribution in [1.29, 1.82) is 0 Å². The minimum atomic E-state index is 0.489. The third kappa shape index (κ3) is 4.50. The first-order valence-corrected chi connectivity index (χ1v) is 7.07. The van der Waals surface area contributed by atoms with Gasteiger partial charge in [0.2, 0.25) is 0 Å². The average molecular weight is 316 g/mol. The highest BCUT2D eigenvalue weighted by molar-refractivity contribution is 9.10. The van der Waals surface area contributed by atoms with Crippen LogP contribution >= 0.6 is 15.9 Å². The van der Waals surface area contributed by atoms with Crippen molar-refractivity contribution in [3.63, 3.8) is 0 Å². The SMILES string of the molecule is COc1cc(CN)cc(Br)c1OCCCC(C)C. The molecule has 0 aromatic heterocycles. The molecule has 0 aliphatic carbocycles. The average Bonchev–Trinajstić information content (AvgIpc) is 2.34. The molecule has 4 heteroatoms. The maximum atomic E-state index is 5.80. The highest BCUT2D eigenvalue weighted by atomic mass is 79.9. The molecule has 1 aromatic carbocycles. The van der Waals surface area contributed by atoms with Crippen molar-refractivity contribution >= 4 is 15.9 Å². The summed E-state index contributed by atoms with van der Waals surface area (Å²) in [5.41, 5.74) is 6.65. The molecule has 0 saturated carbocycles. The third-order valence-electron chi connectivity index (χ3n) is 2.70. The molecule has 18 heavy (non-hydrogen) atoms. The van der Waals surface area contributed by atoms with Crippen molar-refractivity contribution in [1.82, 2.24) is 0 Å². The Morgan fingerprint density at radius 1 is 1.33 bits per heavy atom. The molecule has 0 saturated heterocycles. The Balaban J connectivity index is 2.69. The summed E-state index contributed by atoms with van der Waals surface area (Å²) in [6.07, 6.45) is 2.21. The summed E-state index contributed by atoms with van der Waals surface area (Å²) >= 11 is 3.50. The summed E-state index contributed by atoms with van der Waals surface area (Å²) in [5, 5.41) is 0. The number of hydrogen-bond donors (Lipinski definition) is 1. The standard InChI is InChI=1S/C14H22BrNO2/c1-10(2)5-4-6-18-14-12(15)7-11(9-16)8-13(14)17-3/h7-8,10H,4-6,9,16H2,1-3H3. The molecule has 1 aromatic rings. The molecule has 0 amide bonds. The second kappa shape index (κ2) is 7.64. The molecule has 0 fully saturated rings. The summed E-state index contributed by atoms with van der Waals surface area (Å²) in [6.45, 7) is 5.62. The van der Waals surface area contributed by atoms with Gasteiger partial charge in [0.1, 0.15) is 0 Å². The molecule has 0 aliphatic heterocycles. The molecule has 0 radical (unpaired) electrons. The molecule has 2 N–H and O–H groups in total. The van der Waals surface area contributed by atoms with Crippen molar-refractivity contribution < 1.29 is 9.47 Å². The Bertz CT molecular complexity index is 380. The molecular weight excluding hydrogens is 294 g/mol. The smallest absolute Gasteiger partial charge is 0.175 e. The fourth-order valence-corrected chi connectivity index (χ4v) is 2.30. The van der Waals surface area contributed by atoms with Crippen LogP contribution in [0.2, 0.25) is 0 Å². The lowest BCUT2D eigenvalue weighted by Gasteiger charge is -2.14. The predicted octanol–water partition coefficient (Wildman–Crippen LogP) is 3.73. The Kier molecular flexibility index (Phi) is 6.50. The summed E-state index contributed by atoms with van der Waals surface area (Å²) in [7, 11) is 1.64. The Labute approximate surface area is 118 Å². The highest BCUT2D eigenvalue weighted by Crippen LogP contribution is 2.36. The van der Waals surface area contributed by atoms with Crippen LogP contribution < -0.4 is 15.2 Å². The van der Waals surface area contributed by atoms with Crippen LogP contribution in [0.5, 0.6) is 11.5 Å². The molecular formula is C14H22BrNO2. The van der Waals surface area contributed by atoms with Crippen LogP contribution in [0.4, 0.5) is 0 Å². The highest BCUT2D eigenvalue weighted by Gasteiger charge is 2.11. The van der Waals surface area contributed by atoms with Crippen LogP contribution in [0, 0.1) is 5.92 Å². The van der Waals surface area contributed by atoms with E-state index in [2.05, 4.69) is 29.8 Å². The molecule has 0 unspecified atom stereocenters. The first-order valence-electron chi connectivity index (χ1n) is 6.27. The van der Waals surface area contributed by atoms with Crippen molar-refractivity contribution in [3.05, 3.63) is 22.2 Å². The van der Waals surface area contributed by atoms with E-state index in [4.69, 9.17) is 15.2 Å². The normalized spacial score (nSPS) is 10.8. The topological polar surface area (TPSA) is 44.5 Å². The van der Waals surface area contributed by atoms with Crippen LogP contribution in [-0.4, -0.2) is 13.7 Å². The number of nitrogens with two attached hydrogens (primary N) is 1. The molecule has 0 aliphatic rings. The molecule has 3 nitrogen and oxygen atoms in total. The van der Waals surface area contributed by atoms with Gasteiger partial charge in [-0.2, -0.15) is 0 Å². The second-order valence-corrected chi connectivity index (χ2v) is 5.55. The minimum absolute atomic E-state index is 0.489. The van der Waals surface area contributed by atoms with Gasteiger partial charge in [0, 0.05) is 6.54 Å². The van der Waals surface area contributed by atoms with E-state index in [-0.39, 0.29) is 0 Å². The fourth-order valence-electron chi connectivity index (χ4n) is 1.70. The van der Waals surface area contributed by atoms with Crippen LogP contribution in [-0.2, 0) is 6.54 Å². The number of rotatable bonds is 7. The molecule has 0 atom stereocenters. The first-order chi connectivity index (χ1) is 8.58. The maximum Gasteiger partial charge on any atom is 0.175 e. The lowest BCUT2D eigenvalue weighted by Crippen LogP contribution is -2.03. The molecule has 0 spiro atoms. The van der Waals surface area contributed by atoms with E-state index in [1.807, 2.05) is 12.1 Å². The van der Waals surface area contributed by atoms with Gasteiger partial charge in [0.05, 0.1) is 18.2 Å². The minimum Gasteiger partial charge on any atom is -0.493 e. The fraction of sp³-hybridized carbons (Fsp3) is 0.571. The Hall–Kier alpha value is -0.740. The van der Waals surface area contributed by atoms with Crippen LogP contribution in [0.1, 0.15) is 32.3 Å². The Morgan fingerprint density at radius 2 is 2.06 bits per heavy atom. The zero-order valence-electron chi connectivity index (χ0n) is 11.3. The number of methoxy groups -OCH3 is 1. The molecule has 1 rings (SSSR count). The molecule has 0 heterocycles. The summed E-state index contributed by atoms with van der Waals surface area (Å²) in [6, 6.07) is 3.89. The van der Waals surface area contributed by atoms with E-state index in [1.165, 1.54) is 6.42 Å². The van der Waals surface area contributed by atoms with Gasteiger partial charge in [-0.25, -0.2) is 0 Å². The predicted molar refractivity (Wildman–Crippen MR) is 78.2 cm³/mol. The van der Waals surface area contributed by atoms with Gasteiger partial charge >= 0.3 is 0 Å². The van der Waals surface area contributed by atoms with Gasteiger partial charge in [-0.1, -0.05) is 13.8 Å². The second-order valence-electron chi connectivity index (χ2n) is 4.70. The summed E-state index contributed by atoms with van der Waals surface area (Å²) in [4.78, 5) is 0. The summed E-state index contributed by atoms with van der Waals surface area (Å²) in [5.74, 6) is 2.20. The van der Waals surface area contributed by atoms with Crippen molar-refractivity contribution in [3.8, 4) is 11.5 Å². The third-order valence-corrected chi connectivity index (χ3v) is 3.29. The monoisotopic (exact) mass is 315 g/mol. The van der Waals surface area contributed by atoms with Gasteiger partial charge in [-0.05, 0) is 52.4 Å². The van der Waals surface area contributed by atoms with E-state index in [9.17, 15) is 0 Å². The van der Waals surface area contributed by atoms with E-state index >= 15 is 0 Å². The zero-order chi connectivity index (χ0) is 13.5. The van der Waals surface area contributed by atoms with E-state index in [0.29, 0.717) is 19.1 Å².